The van der Waals surface area contributed by atoms with Crippen molar-refractivity contribution >= 4 is 11.8 Å². The van der Waals surface area contributed by atoms with Gasteiger partial charge in [0.05, 0.1) is 6.04 Å². The fraction of sp³-hybridized carbons (Fsp3) is 0.778. The molecule has 1 rings (SSSR count). The first-order valence-corrected chi connectivity index (χ1v) is 4.96. The summed E-state index contributed by atoms with van der Waals surface area (Å²) in [4.78, 5) is 24.3. The van der Waals surface area contributed by atoms with Gasteiger partial charge in [-0.05, 0) is 6.42 Å². The van der Waals surface area contributed by atoms with Crippen molar-refractivity contribution in [2.75, 3.05) is 19.6 Å². The van der Waals surface area contributed by atoms with Crippen molar-refractivity contribution < 1.29 is 9.59 Å². The highest BCUT2D eigenvalue weighted by Gasteiger charge is 2.21. The van der Waals surface area contributed by atoms with Gasteiger partial charge in [-0.25, -0.2) is 0 Å². The highest BCUT2D eigenvalue weighted by atomic mass is 16.2. The summed E-state index contributed by atoms with van der Waals surface area (Å²) in [5.41, 5.74) is 5.64. The number of carbonyl (C=O) groups is 2. The monoisotopic (exact) mass is 199 g/mol. The Kier molecular flexibility index (Phi) is 3.88. The summed E-state index contributed by atoms with van der Waals surface area (Å²) in [7, 11) is 0. The Morgan fingerprint density at radius 3 is 3.00 bits per heavy atom. The van der Waals surface area contributed by atoms with E-state index >= 15 is 0 Å². The van der Waals surface area contributed by atoms with Gasteiger partial charge in [-0.15, -0.1) is 0 Å². The molecular formula is C9H17N3O2. The van der Waals surface area contributed by atoms with E-state index in [0.717, 1.165) is 0 Å². The molecule has 0 aromatic heterocycles. The van der Waals surface area contributed by atoms with Crippen molar-refractivity contribution in [2.45, 2.75) is 25.8 Å². The van der Waals surface area contributed by atoms with Crippen molar-refractivity contribution in [2.24, 2.45) is 5.73 Å². The molecule has 1 heterocycles. The molecule has 0 aromatic carbocycles. The van der Waals surface area contributed by atoms with Crippen LogP contribution in [0.3, 0.4) is 0 Å². The molecule has 0 radical (unpaired) electrons. The van der Waals surface area contributed by atoms with E-state index in [1.807, 2.05) is 6.92 Å². The number of hydrogen-bond donors (Lipinski definition) is 2. The minimum atomic E-state index is -0.428. The van der Waals surface area contributed by atoms with Gasteiger partial charge in [-0.1, -0.05) is 6.92 Å². The predicted octanol–water partition coefficient (Wildman–Crippen LogP) is -0.928. The van der Waals surface area contributed by atoms with E-state index in [-0.39, 0.29) is 11.8 Å². The van der Waals surface area contributed by atoms with Crippen LogP contribution >= 0.6 is 0 Å². The number of nitrogens with two attached hydrogens (primary N) is 1. The van der Waals surface area contributed by atoms with E-state index in [2.05, 4.69) is 5.32 Å². The van der Waals surface area contributed by atoms with Crippen LogP contribution in [0.25, 0.3) is 0 Å². The zero-order valence-corrected chi connectivity index (χ0v) is 8.45. The second-order valence-corrected chi connectivity index (χ2v) is 3.44. The Balaban J connectivity index is 2.51. The summed E-state index contributed by atoms with van der Waals surface area (Å²) in [6.45, 7) is 3.46. The molecule has 14 heavy (non-hydrogen) atoms. The van der Waals surface area contributed by atoms with Crippen molar-refractivity contribution in [3.63, 3.8) is 0 Å². The molecule has 0 saturated carbocycles. The second kappa shape index (κ2) is 4.95. The van der Waals surface area contributed by atoms with Crippen LogP contribution < -0.4 is 11.1 Å². The quantitative estimate of drug-likeness (QED) is 0.603. The van der Waals surface area contributed by atoms with Crippen molar-refractivity contribution in [3.8, 4) is 0 Å². The Labute approximate surface area is 83.6 Å². The van der Waals surface area contributed by atoms with E-state index in [4.69, 9.17) is 5.73 Å². The smallest absolute Gasteiger partial charge is 0.239 e. The normalized spacial score (nSPS) is 19.9. The summed E-state index contributed by atoms with van der Waals surface area (Å²) >= 11 is 0. The summed E-state index contributed by atoms with van der Waals surface area (Å²) in [6.07, 6.45) is 1.01. The van der Waals surface area contributed by atoms with Gasteiger partial charge in [0.1, 0.15) is 0 Å². The van der Waals surface area contributed by atoms with Gasteiger partial charge >= 0.3 is 0 Å². The van der Waals surface area contributed by atoms with Gasteiger partial charge in [0.2, 0.25) is 11.8 Å². The average Bonchev–Trinajstić information content (AvgIpc) is 2.40. The Hall–Kier alpha value is -1.10. The Bertz CT molecular complexity index is 230. The predicted molar refractivity (Wildman–Crippen MR) is 52.5 cm³/mol. The molecule has 3 N–H and O–H groups in total. The maximum Gasteiger partial charge on any atom is 0.239 e. The second-order valence-electron chi connectivity index (χ2n) is 3.44. The number of nitrogens with zero attached hydrogens (tertiary/aromatic N) is 1. The third kappa shape index (κ3) is 2.70. The molecular weight excluding hydrogens is 182 g/mol. The SMILES string of the molecule is CCC(N)C(=O)N1CCNC(=O)CC1. The van der Waals surface area contributed by atoms with Gasteiger partial charge in [0.15, 0.2) is 0 Å². The lowest BCUT2D eigenvalue weighted by molar-refractivity contribution is -0.132. The minimum Gasteiger partial charge on any atom is -0.354 e. The van der Waals surface area contributed by atoms with Crippen LogP contribution in [-0.2, 0) is 9.59 Å². The van der Waals surface area contributed by atoms with Gasteiger partial charge < -0.3 is 16.0 Å². The van der Waals surface area contributed by atoms with Gasteiger partial charge in [0, 0.05) is 26.1 Å². The minimum absolute atomic E-state index is 0.00497. The zero-order chi connectivity index (χ0) is 10.6. The third-order valence-electron chi connectivity index (χ3n) is 2.38. The molecule has 80 valence electrons. The molecule has 0 aliphatic carbocycles. The molecule has 0 bridgehead atoms. The molecule has 1 fully saturated rings. The molecule has 0 spiro atoms. The fourth-order valence-corrected chi connectivity index (χ4v) is 1.40. The lowest BCUT2D eigenvalue weighted by Crippen LogP contribution is -2.44. The Morgan fingerprint density at radius 1 is 1.64 bits per heavy atom. The topological polar surface area (TPSA) is 75.4 Å². The van der Waals surface area contributed by atoms with E-state index in [9.17, 15) is 9.59 Å². The number of amides is 2. The highest BCUT2D eigenvalue weighted by Crippen LogP contribution is 2.01. The first-order chi connectivity index (χ1) is 6.65. The van der Waals surface area contributed by atoms with Crippen LogP contribution in [0.1, 0.15) is 19.8 Å². The number of nitrogens with one attached hydrogen (secondary N) is 1. The van der Waals surface area contributed by atoms with Gasteiger partial charge in [0.25, 0.3) is 0 Å². The van der Waals surface area contributed by atoms with E-state index in [1.165, 1.54) is 0 Å². The van der Waals surface area contributed by atoms with Crippen LogP contribution in [0.5, 0.6) is 0 Å². The standard InChI is InChI=1S/C9H17N3O2/c1-2-7(10)9(14)12-5-3-8(13)11-4-6-12/h7H,2-6,10H2,1H3,(H,11,13). The maximum absolute atomic E-state index is 11.7. The highest BCUT2D eigenvalue weighted by molar-refractivity contribution is 5.83. The third-order valence-corrected chi connectivity index (χ3v) is 2.38. The fourth-order valence-electron chi connectivity index (χ4n) is 1.40. The van der Waals surface area contributed by atoms with Gasteiger partial charge in [-0.2, -0.15) is 0 Å². The van der Waals surface area contributed by atoms with Gasteiger partial charge in [-0.3, -0.25) is 9.59 Å². The van der Waals surface area contributed by atoms with Crippen molar-refractivity contribution in [1.29, 1.82) is 0 Å². The first-order valence-electron chi connectivity index (χ1n) is 4.96. The maximum atomic E-state index is 11.7. The largest absolute Gasteiger partial charge is 0.354 e. The molecule has 2 amide bonds. The zero-order valence-electron chi connectivity index (χ0n) is 8.45. The van der Waals surface area contributed by atoms with Crippen LogP contribution in [-0.4, -0.2) is 42.4 Å². The van der Waals surface area contributed by atoms with Crippen LogP contribution in [0.15, 0.2) is 0 Å². The molecule has 1 atom stereocenters. The number of carbonyl (C=O) groups excluding carboxylic acids is 2. The van der Waals surface area contributed by atoms with E-state index in [0.29, 0.717) is 32.5 Å². The molecule has 0 aromatic rings. The lowest BCUT2D eigenvalue weighted by Gasteiger charge is -2.22. The Morgan fingerprint density at radius 2 is 2.36 bits per heavy atom. The van der Waals surface area contributed by atoms with E-state index in [1.54, 1.807) is 4.90 Å². The van der Waals surface area contributed by atoms with Crippen molar-refractivity contribution in [3.05, 3.63) is 0 Å². The summed E-state index contributed by atoms with van der Waals surface area (Å²) in [5.74, 6) is -0.0469. The van der Waals surface area contributed by atoms with Crippen LogP contribution in [0, 0.1) is 0 Å². The van der Waals surface area contributed by atoms with Crippen molar-refractivity contribution in [1.82, 2.24) is 10.2 Å². The molecule has 1 aliphatic rings. The molecule has 5 nitrogen and oxygen atoms in total. The molecule has 1 saturated heterocycles. The van der Waals surface area contributed by atoms with Crippen LogP contribution in [0.2, 0.25) is 0 Å². The molecule has 5 heteroatoms. The summed E-state index contributed by atoms with van der Waals surface area (Å²) in [6, 6.07) is -0.428. The molecule has 1 aliphatic heterocycles. The number of rotatable bonds is 2. The van der Waals surface area contributed by atoms with Crippen LogP contribution in [0.4, 0.5) is 0 Å². The lowest BCUT2D eigenvalue weighted by atomic mass is 10.2. The average molecular weight is 199 g/mol. The molecule has 1 unspecified atom stereocenters. The summed E-state index contributed by atoms with van der Waals surface area (Å²) < 4.78 is 0. The summed E-state index contributed by atoms with van der Waals surface area (Å²) in [5, 5.41) is 2.71. The number of hydrogen-bond acceptors (Lipinski definition) is 3. The van der Waals surface area contributed by atoms with E-state index < -0.39 is 6.04 Å². The first kappa shape index (κ1) is 11.0.